The Labute approximate surface area is 83.9 Å². The van der Waals surface area contributed by atoms with Crippen LogP contribution >= 0.6 is 0 Å². The molecular weight excluding hydrogens is 200 g/mol. The molecule has 7 heteroatoms. The van der Waals surface area contributed by atoms with Crippen molar-refractivity contribution < 1.29 is 14.1 Å². The molecule has 1 amide bonds. The first-order valence-electron chi connectivity index (χ1n) is 3.96. The zero-order valence-electron chi connectivity index (χ0n) is 7.45. The van der Waals surface area contributed by atoms with Crippen molar-refractivity contribution in [2.75, 3.05) is 0 Å². The Kier molecular flexibility index (Phi) is 2.28. The first kappa shape index (κ1) is 9.13. The van der Waals surface area contributed by atoms with E-state index >= 15 is 0 Å². The first-order chi connectivity index (χ1) is 7.27. The lowest BCUT2D eigenvalue weighted by molar-refractivity contribution is 0.0987. The van der Waals surface area contributed by atoms with Crippen LogP contribution in [-0.2, 0) is 4.74 Å². The van der Waals surface area contributed by atoms with Crippen LogP contribution in [0, 0.1) is 0 Å². The molecule has 0 saturated carbocycles. The van der Waals surface area contributed by atoms with E-state index in [1.807, 2.05) is 0 Å². The summed E-state index contributed by atoms with van der Waals surface area (Å²) in [5.41, 5.74) is 5.28. The standard InChI is InChI=1S/C8H6N4O3/c9-6(13)7-11-8(15-12-7)5-4-14-3-1-2-10-5/h1-4H,(H2,9,13). The van der Waals surface area contributed by atoms with E-state index in [1.165, 1.54) is 18.7 Å². The van der Waals surface area contributed by atoms with Gasteiger partial charge in [0.25, 0.3) is 17.6 Å². The van der Waals surface area contributed by atoms with Crippen LogP contribution < -0.4 is 5.73 Å². The van der Waals surface area contributed by atoms with Crippen LogP contribution in [0.15, 0.2) is 28.1 Å². The number of amides is 1. The van der Waals surface area contributed by atoms with E-state index < -0.39 is 5.91 Å². The molecule has 1 aromatic heterocycles. The number of allylic oxidation sites excluding steroid dienone is 1. The van der Waals surface area contributed by atoms with Gasteiger partial charge < -0.3 is 15.0 Å². The number of ether oxygens (including phenoxy) is 1. The summed E-state index contributed by atoms with van der Waals surface area (Å²) in [4.78, 5) is 18.4. The fraction of sp³-hybridized carbons (Fsp3) is 0. The molecular formula is C8H6N4O3. The zero-order valence-corrected chi connectivity index (χ0v) is 7.45. The van der Waals surface area contributed by atoms with Crippen LogP contribution in [0.1, 0.15) is 16.5 Å². The second-order valence-electron chi connectivity index (χ2n) is 2.53. The molecule has 0 aliphatic carbocycles. The second-order valence-corrected chi connectivity index (χ2v) is 2.53. The van der Waals surface area contributed by atoms with Crippen LogP contribution in [-0.4, -0.2) is 22.3 Å². The smallest absolute Gasteiger partial charge is 0.290 e. The van der Waals surface area contributed by atoms with Crippen molar-refractivity contribution in [3.05, 3.63) is 30.3 Å². The fourth-order valence-electron chi connectivity index (χ4n) is 0.871. The SMILES string of the molecule is NC(=O)c1noc(C2=COC=CC=N2)n1. The number of rotatable bonds is 2. The normalized spacial score (nSPS) is 14.3. The van der Waals surface area contributed by atoms with E-state index in [4.69, 9.17) is 15.0 Å². The van der Waals surface area contributed by atoms with E-state index in [0.29, 0.717) is 5.70 Å². The minimum Gasteiger partial charge on any atom is -0.470 e. The van der Waals surface area contributed by atoms with Crippen molar-refractivity contribution in [2.45, 2.75) is 0 Å². The maximum atomic E-state index is 10.7. The summed E-state index contributed by atoms with van der Waals surface area (Å²) < 4.78 is 9.69. The van der Waals surface area contributed by atoms with E-state index in [-0.39, 0.29) is 11.7 Å². The Bertz CT molecular complexity index is 472. The number of aliphatic imine (C=N–C) groups is 1. The third-order valence-corrected chi connectivity index (χ3v) is 1.50. The molecule has 1 aromatic rings. The zero-order chi connectivity index (χ0) is 10.7. The Morgan fingerprint density at radius 1 is 1.47 bits per heavy atom. The number of hydrogen-bond acceptors (Lipinski definition) is 6. The van der Waals surface area contributed by atoms with Crippen molar-refractivity contribution in [2.24, 2.45) is 10.7 Å². The molecule has 0 bridgehead atoms. The molecule has 1 aliphatic rings. The third-order valence-electron chi connectivity index (χ3n) is 1.50. The highest BCUT2D eigenvalue weighted by Gasteiger charge is 2.14. The molecule has 2 N–H and O–H groups in total. The van der Waals surface area contributed by atoms with Gasteiger partial charge in [-0.1, -0.05) is 5.16 Å². The molecule has 7 nitrogen and oxygen atoms in total. The quantitative estimate of drug-likeness (QED) is 0.737. The van der Waals surface area contributed by atoms with Gasteiger partial charge in [0.15, 0.2) is 5.70 Å². The van der Waals surface area contributed by atoms with Crippen molar-refractivity contribution in [3.63, 3.8) is 0 Å². The fourth-order valence-corrected chi connectivity index (χ4v) is 0.871. The maximum Gasteiger partial charge on any atom is 0.290 e. The lowest BCUT2D eigenvalue weighted by Crippen LogP contribution is -2.12. The van der Waals surface area contributed by atoms with E-state index in [2.05, 4.69) is 15.1 Å². The average Bonchev–Trinajstić information content (AvgIpc) is 2.55. The van der Waals surface area contributed by atoms with Gasteiger partial charge in [-0.15, -0.1) is 0 Å². The lowest BCUT2D eigenvalue weighted by atomic mass is 10.5. The monoisotopic (exact) mass is 206 g/mol. The van der Waals surface area contributed by atoms with Gasteiger partial charge in [0.2, 0.25) is 0 Å². The molecule has 0 spiro atoms. The Hall–Kier alpha value is -2.44. The van der Waals surface area contributed by atoms with E-state index in [9.17, 15) is 4.79 Å². The topological polar surface area (TPSA) is 104 Å². The van der Waals surface area contributed by atoms with Crippen LogP contribution in [0.5, 0.6) is 0 Å². The Morgan fingerprint density at radius 3 is 3.07 bits per heavy atom. The van der Waals surface area contributed by atoms with Gasteiger partial charge in [0.05, 0.1) is 6.26 Å². The molecule has 15 heavy (non-hydrogen) atoms. The second kappa shape index (κ2) is 3.74. The van der Waals surface area contributed by atoms with Gasteiger partial charge in [-0.2, -0.15) is 4.98 Å². The van der Waals surface area contributed by atoms with Gasteiger partial charge in [-0.25, -0.2) is 4.99 Å². The molecule has 0 atom stereocenters. The number of carbonyl (C=O) groups is 1. The summed E-state index contributed by atoms with van der Waals surface area (Å²) in [6, 6.07) is 0. The summed E-state index contributed by atoms with van der Waals surface area (Å²) in [5.74, 6) is -0.885. The number of nitrogens with zero attached hydrogens (tertiary/aromatic N) is 3. The highest BCUT2D eigenvalue weighted by molar-refractivity contribution is 5.89. The van der Waals surface area contributed by atoms with Gasteiger partial charge in [-0.3, -0.25) is 4.79 Å². The molecule has 0 aromatic carbocycles. The van der Waals surface area contributed by atoms with Crippen molar-refractivity contribution in [1.29, 1.82) is 0 Å². The van der Waals surface area contributed by atoms with E-state index in [0.717, 1.165) is 0 Å². The van der Waals surface area contributed by atoms with Crippen LogP contribution in [0.4, 0.5) is 0 Å². The number of nitrogens with two attached hydrogens (primary N) is 1. The van der Waals surface area contributed by atoms with Crippen molar-refractivity contribution in [1.82, 2.24) is 10.1 Å². The molecule has 0 fully saturated rings. The van der Waals surface area contributed by atoms with Gasteiger partial charge in [0.1, 0.15) is 6.26 Å². The molecule has 1 aliphatic heterocycles. The van der Waals surface area contributed by atoms with Crippen LogP contribution in [0.25, 0.3) is 5.70 Å². The van der Waals surface area contributed by atoms with Crippen molar-refractivity contribution in [3.8, 4) is 0 Å². The highest BCUT2D eigenvalue weighted by atomic mass is 16.5. The van der Waals surface area contributed by atoms with Gasteiger partial charge >= 0.3 is 0 Å². The van der Waals surface area contributed by atoms with Gasteiger partial charge in [0, 0.05) is 6.21 Å². The summed E-state index contributed by atoms with van der Waals surface area (Å²) >= 11 is 0. The minimum absolute atomic E-state index is 0.0729. The van der Waals surface area contributed by atoms with Crippen molar-refractivity contribution >= 4 is 17.8 Å². The van der Waals surface area contributed by atoms with Crippen LogP contribution in [0.2, 0.25) is 0 Å². The number of primary amides is 1. The Morgan fingerprint density at radius 2 is 2.33 bits per heavy atom. The largest absolute Gasteiger partial charge is 0.470 e. The lowest BCUT2D eigenvalue weighted by Gasteiger charge is -1.90. The van der Waals surface area contributed by atoms with Crippen LogP contribution in [0.3, 0.4) is 0 Å². The first-order valence-corrected chi connectivity index (χ1v) is 3.96. The number of carbonyl (C=O) groups excluding carboxylic acids is 1. The maximum absolute atomic E-state index is 10.7. The molecule has 0 radical (unpaired) electrons. The average molecular weight is 206 g/mol. The molecule has 0 unspecified atom stereocenters. The summed E-state index contributed by atoms with van der Waals surface area (Å²) in [6.07, 6.45) is 5.84. The number of hydrogen-bond donors (Lipinski definition) is 1. The van der Waals surface area contributed by atoms with E-state index in [1.54, 1.807) is 6.08 Å². The van der Waals surface area contributed by atoms with Gasteiger partial charge in [-0.05, 0) is 6.08 Å². The summed E-state index contributed by atoms with van der Waals surface area (Å²) in [6.45, 7) is 0. The minimum atomic E-state index is -0.762. The Balaban J connectivity index is 2.29. The predicted octanol–water partition coefficient (Wildman–Crippen LogP) is 0.0816. The highest BCUT2D eigenvalue weighted by Crippen LogP contribution is 2.14. The molecule has 0 saturated heterocycles. The molecule has 76 valence electrons. The summed E-state index contributed by atoms with van der Waals surface area (Å²) in [5, 5.41) is 3.37. The predicted molar refractivity (Wildman–Crippen MR) is 49.5 cm³/mol. The third kappa shape index (κ3) is 1.90. The molecule has 2 rings (SSSR count). The summed E-state index contributed by atoms with van der Waals surface area (Å²) in [7, 11) is 0. The number of aromatic nitrogens is 2. The molecule has 2 heterocycles.